The lowest BCUT2D eigenvalue weighted by Crippen LogP contribution is -2.41. The van der Waals surface area contributed by atoms with Crippen LogP contribution in [-0.4, -0.2) is 18.8 Å². The Morgan fingerprint density at radius 1 is 0.957 bits per heavy atom. The van der Waals surface area contributed by atoms with E-state index in [-0.39, 0.29) is 5.54 Å². The van der Waals surface area contributed by atoms with Gasteiger partial charge in [0.2, 0.25) is 0 Å². The second kappa shape index (κ2) is 8.39. The Morgan fingerprint density at radius 2 is 1.48 bits per heavy atom. The smallest absolute Gasteiger partial charge is 0.162 e. The number of nitrogens with one attached hydrogen (secondary N) is 1. The predicted molar refractivity (Wildman–Crippen MR) is 101 cm³/mol. The summed E-state index contributed by atoms with van der Waals surface area (Å²) in [6.07, 6.45) is 1.10. The van der Waals surface area contributed by atoms with Crippen molar-refractivity contribution in [2.45, 2.75) is 67.0 Å². The zero-order valence-electron chi connectivity index (χ0n) is 15.7. The second-order valence-electron chi connectivity index (χ2n) is 7.73. The quantitative estimate of drug-likeness (QED) is 0.635. The van der Waals surface area contributed by atoms with Crippen molar-refractivity contribution in [2.75, 3.05) is 13.2 Å². The highest BCUT2D eigenvalue weighted by atomic mass is 79.9. The van der Waals surface area contributed by atoms with Gasteiger partial charge in [-0.1, -0.05) is 36.7 Å². The molecule has 0 aliphatic rings. The van der Waals surface area contributed by atoms with Crippen LogP contribution in [0.2, 0.25) is 0 Å². The van der Waals surface area contributed by atoms with Crippen molar-refractivity contribution in [1.29, 1.82) is 0 Å². The summed E-state index contributed by atoms with van der Waals surface area (Å²) in [4.78, 5) is 0. The van der Waals surface area contributed by atoms with Gasteiger partial charge in [-0.3, -0.25) is 0 Å². The highest BCUT2D eigenvalue weighted by molar-refractivity contribution is 9.10. The first-order chi connectivity index (χ1) is 10.6. The van der Waals surface area contributed by atoms with Gasteiger partial charge in [0.25, 0.3) is 0 Å². The average Bonchev–Trinajstić information content (AvgIpc) is 2.38. The largest absolute Gasteiger partial charge is 0.490 e. The van der Waals surface area contributed by atoms with Crippen LogP contribution >= 0.6 is 15.9 Å². The monoisotopic (exact) mass is 385 g/mol. The lowest BCUT2D eigenvalue weighted by atomic mass is 9.82. The zero-order chi connectivity index (χ0) is 17.7. The van der Waals surface area contributed by atoms with Gasteiger partial charge in [-0.2, -0.15) is 0 Å². The van der Waals surface area contributed by atoms with E-state index in [1.165, 1.54) is 5.56 Å². The molecule has 0 aromatic heterocycles. The van der Waals surface area contributed by atoms with Crippen LogP contribution in [0.3, 0.4) is 0 Å². The molecule has 1 aromatic rings. The molecule has 0 atom stereocenters. The number of benzene rings is 1. The molecule has 0 unspecified atom stereocenters. The third-order valence-electron chi connectivity index (χ3n) is 3.44. The molecule has 0 saturated carbocycles. The summed E-state index contributed by atoms with van der Waals surface area (Å²) in [6.45, 7) is 17.3. The Morgan fingerprint density at radius 3 is 1.96 bits per heavy atom. The molecule has 0 aliphatic heterocycles. The minimum Gasteiger partial charge on any atom is -0.490 e. The van der Waals surface area contributed by atoms with Crippen LogP contribution < -0.4 is 14.8 Å². The standard InChI is InChI=1S/C19H32BrNO2/c1-8-22-16-10-14(15(20)11-17(16)23-9-2)12-21-19(6,7)13-18(3,4)5/h10-11,21H,8-9,12-13H2,1-7H3. The Bertz CT molecular complexity index is 507. The number of halogens is 1. The van der Waals surface area contributed by atoms with Crippen LogP contribution in [-0.2, 0) is 6.54 Å². The van der Waals surface area contributed by atoms with Crippen LogP contribution in [0.1, 0.15) is 60.5 Å². The molecule has 0 bridgehead atoms. The minimum absolute atomic E-state index is 0.0715. The molecular weight excluding hydrogens is 354 g/mol. The Balaban J connectivity index is 2.89. The molecule has 1 rings (SSSR count). The SMILES string of the molecule is CCOc1cc(Br)c(CNC(C)(C)CC(C)(C)C)cc1OCC. The average molecular weight is 386 g/mol. The van der Waals surface area contributed by atoms with Gasteiger partial charge in [-0.15, -0.1) is 0 Å². The molecule has 1 aromatic carbocycles. The molecule has 23 heavy (non-hydrogen) atoms. The molecule has 0 aliphatic carbocycles. The summed E-state index contributed by atoms with van der Waals surface area (Å²) >= 11 is 3.66. The van der Waals surface area contributed by atoms with Gasteiger partial charge in [0.15, 0.2) is 11.5 Å². The molecule has 0 saturated heterocycles. The molecule has 132 valence electrons. The first-order valence-corrected chi connectivity index (χ1v) is 9.20. The summed E-state index contributed by atoms with van der Waals surface area (Å²) in [5.41, 5.74) is 1.55. The molecule has 0 radical (unpaired) electrons. The third-order valence-corrected chi connectivity index (χ3v) is 4.18. The summed E-state index contributed by atoms with van der Waals surface area (Å²) in [7, 11) is 0. The van der Waals surface area contributed by atoms with Crippen LogP contribution in [0.5, 0.6) is 11.5 Å². The van der Waals surface area contributed by atoms with E-state index in [9.17, 15) is 0 Å². The summed E-state index contributed by atoms with van der Waals surface area (Å²) in [6, 6.07) is 4.07. The highest BCUT2D eigenvalue weighted by Gasteiger charge is 2.25. The van der Waals surface area contributed by atoms with Gasteiger partial charge >= 0.3 is 0 Å². The molecule has 3 nitrogen and oxygen atoms in total. The topological polar surface area (TPSA) is 30.5 Å². The first kappa shape index (κ1) is 20.3. The van der Waals surface area contributed by atoms with E-state index < -0.39 is 0 Å². The van der Waals surface area contributed by atoms with Crippen molar-refractivity contribution < 1.29 is 9.47 Å². The zero-order valence-corrected chi connectivity index (χ0v) is 17.3. The number of ether oxygens (including phenoxy) is 2. The fourth-order valence-corrected chi connectivity index (χ4v) is 3.43. The minimum atomic E-state index is 0.0715. The summed E-state index contributed by atoms with van der Waals surface area (Å²) in [5.74, 6) is 1.60. The van der Waals surface area contributed by atoms with E-state index in [0.29, 0.717) is 18.6 Å². The molecule has 0 fully saturated rings. The van der Waals surface area contributed by atoms with Crippen molar-refractivity contribution in [1.82, 2.24) is 5.32 Å². The van der Waals surface area contributed by atoms with Crippen LogP contribution in [0.15, 0.2) is 16.6 Å². The van der Waals surface area contributed by atoms with Crippen LogP contribution in [0.4, 0.5) is 0 Å². The van der Waals surface area contributed by atoms with E-state index in [1.807, 2.05) is 19.9 Å². The normalized spacial score (nSPS) is 12.3. The van der Waals surface area contributed by atoms with Gasteiger partial charge in [0.1, 0.15) is 0 Å². The maximum Gasteiger partial charge on any atom is 0.162 e. The summed E-state index contributed by atoms with van der Waals surface area (Å²) < 4.78 is 12.4. The number of hydrogen-bond acceptors (Lipinski definition) is 3. The number of rotatable bonds is 8. The third kappa shape index (κ3) is 7.13. The van der Waals surface area contributed by atoms with Gasteiger partial charge in [-0.25, -0.2) is 0 Å². The van der Waals surface area contributed by atoms with Gasteiger partial charge < -0.3 is 14.8 Å². The molecule has 1 N–H and O–H groups in total. The van der Waals surface area contributed by atoms with E-state index in [4.69, 9.17) is 9.47 Å². The van der Waals surface area contributed by atoms with Crippen molar-refractivity contribution in [2.24, 2.45) is 5.41 Å². The fourth-order valence-electron chi connectivity index (χ4n) is 2.97. The van der Waals surface area contributed by atoms with Crippen molar-refractivity contribution in [3.8, 4) is 11.5 Å². The second-order valence-corrected chi connectivity index (χ2v) is 8.59. The van der Waals surface area contributed by atoms with E-state index >= 15 is 0 Å². The Kier molecular flexibility index (Phi) is 7.40. The first-order valence-electron chi connectivity index (χ1n) is 8.41. The van der Waals surface area contributed by atoms with Crippen LogP contribution in [0.25, 0.3) is 0 Å². The van der Waals surface area contributed by atoms with E-state index in [1.54, 1.807) is 0 Å². The molecule has 0 spiro atoms. The van der Waals surface area contributed by atoms with Crippen LogP contribution in [0, 0.1) is 5.41 Å². The maximum absolute atomic E-state index is 5.72. The Labute approximate surface area is 150 Å². The molecular formula is C19H32BrNO2. The van der Waals surface area contributed by atoms with E-state index in [2.05, 4.69) is 61.9 Å². The maximum atomic E-state index is 5.72. The molecule has 0 amide bonds. The highest BCUT2D eigenvalue weighted by Crippen LogP contribution is 2.34. The van der Waals surface area contributed by atoms with Gasteiger partial charge in [0, 0.05) is 16.6 Å². The van der Waals surface area contributed by atoms with E-state index in [0.717, 1.165) is 28.9 Å². The molecule has 4 heteroatoms. The van der Waals surface area contributed by atoms with Crippen molar-refractivity contribution >= 4 is 15.9 Å². The van der Waals surface area contributed by atoms with Crippen molar-refractivity contribution in [3.63, 3.8) is 0 Å². The van der Waals surface area contributed by atoms with Crippen molar-refractivity contribution in [3.05, 3.63) is 22.2 Å². The summed E-state index contributed by atoms with van der Waals surface area (Å²) in [5, 5.41) is 3.67. The lowest BCUT2D eigenvalue weighted by Gasteiger charge is -2.33. The predicted octanol–water partition coefficient (Wildman–Crippen LogP) is 5.55. The number of hydrogen-bond donors (Lipinski definition) is 1. The Hall–Kier alpha value is -0.740. The molecule has 0 heterocycles. The fraction of sp³-hybridized carbons (Fsp3) is 0.684. The lowest BCUT2D eigenvalue weighted by molar-refractivity contribution is 0.240. The van der Waals surface area contributed by atoms with Gasteiger partial charge in [0.05, 0.1) is 13.2 Å². The van der Waals surface area contributed by atoms with Gasteiger partial charge in [-0.05, 0) is 57.2 Å².